The van der Waals surface area contributed by atoms with Gasteiger partial charge in [-0.15, -0.1) is 0 Å². The van der Waals surface area contributed by atoms with Crippen LogP contribution in [0.1, 0.15) is 19.0 Å². The number of morpholine rings is 1. The molecule has 8 heteroatoms. The maximum absolute atomic E-state index is 12.2. The summed E-state index contributed by atoms with van der Waals surface area (Å²) in [6.45, 7) is 4.56. The van der Waals surface area contributed by atoms with Crippen LogP contribution in [0.25, 0.3) is 11.5 Å². The fourth-order valence-corrected chi connectivity index (χ4v) is 4.09. The lowest BCUT2D eigenvalue weighted by molar-refractivity contribution is 0.122. The normalized spacial score (nSPS) is 15.3. The van der Waals surface area contributed by atoms with E-state index < -0.39 is 9.84 Å². The number of sulfone groups is 1. The molecule has 0 atom stereocenters. The van der Waals surface area contributed by atoms with Crippen molar-refractivity contribution in [3.63, 3.8) is 0 Å². The quantitative estimate of drug-likeness (QED) is 0.773. The summed E-state index contributed by atoms with van der Waals surface area (Å²) < 4.78 is 29.8. The topological polar surface area (TPSA) is 85.3 Å². The van der Waals surface area contributed by atoms with Crippen LogP contribution >= 0.6 is 0 Å². The molecule has 0 bridgehead atoms. The fraction of sp³-hybridized carbons (Fsp3) is 0.471. The first-order valence-electron chi connectivity index (χ1n) is 8.40. The Hall–Kier alpha value is -2.06. The Bertz CT molecular complexity index is 806. The van der Waals surface area contributed by atoms with Crippen molar-refractivity contribution in [3.05, 3.63) is 36.2 Å². The van der Waals surface area contributed by atoms with Crippen molar-refractivity contribution in [3.8, 4) is 11.5 Å². The van der Waals surface area contributed by atoms with E-state index in [9.17, 15) is 8.42 Å². The van der Waals surface area contributed by atoms with Crippen LogP contribution in [-0.4, -0.2) is 55.4 Å². The molecule has 1 aliphatic heterocycles. The van der Waals surface area contributed by atoms with E-state index in [1.165, 1.54) is 0 Å². The van der Waals surface area contributed by atoms with Crippen molar-refractivity contribution in [1.82, 2.24) is 15.0 Å². The van der Waals surface area contributed by atoms with E-state index in [0.29, 0.717) is 36.8 Å². The van der Waals surface area contributed by atoms with Crippen LogP contribution < -0.4 is 4.90 Å². The monoisotopic (exact) mass is 362 g/mol. The van der Waals surface area contributed by atoms with Crippen molar-refractivity contribution in [1.29, 1.82) is 0 Å². The van der Waals surface area contributed by atoms with E-state index in [0.717, 1.165) is 18.9 Å². The molecule has 0 unspecified atom stereocenters. The first-order valence-corrected chi connectivity index (χ1v) is 10.2. The zero-order valence-corrected chi connectivity index (χ0v) is 15.1. The van der Waals surface area contributed by atoms with Crippen molar-refractivity contribution in [2.75, 3.05) is 37.0 Å². The Morgan fingerprint density at radius 3 is 2.68 bits per heavy atom. The molecule has 0 spiro atoms. The lowest BCUT2D eigenvalue weighted by Gasteiger charge is -2.28. The fourth-order valence-electron chi connectivity index (χ4n) is 2.73. The predicted molar refractivity (Wildman–Crippen MR) is 96.1 cm³/mol. The lowest BCUT2D eigenvalue weighted by atomic mass is 10.3. The Morgan fingerprint density at radius 2 is 2.00 bits per heavy atom. The highest BCUT2D eigenvalue weighted by atomic mass is 32.2. The zero-order chi connectivity index (χ0) is 17.7. The van der Waals surface area contributed by atoms with Gasteiger partial charge in [-0.25, -0.2) is 18.4 Å². The molecule has 134 valence electrons. The van der Waals surface area contributed by atoms with Crippen LogP contribution in [0.15, 0.2) is 30.5 Å². The third kappa shape index (κ3) is 4.73. The zero-order valence-electron chi connectivity index (χ0n) is 14.3. The molecular formula is C17H22N4O3S. The van der Waals surface area contributed by atoms with Crippen LogP contribution in [-0.2, 0) is 20.3 Å². The third-order valence-corrected chi connectivity index (χ3v) is 5.64. The first kappa shape index (κ1) is 17.8. The molecule has 1 aliphatic rings. The summed E-state index contributed by atoms with van der Waals surface area (Å²) in [6, 6.07) is 7.27. The van der Waals surface area contributed by atoms with E-state index in [1.807, 2.05) is 25.1 Å². The first-order chi connectivity index (χ1) is 12.1. The Balaban J connectivity index is 1.98. The van der Waals surface area contributed by atoms with Crippen LogP contribution in [0.5, 0.6) is 0 Å². The molecule has 3 rings (SSSR count). The van der Waals surface area contributed by atoms with Gasteiger partial charge in [0, 0.05) is 25.4 Å². The highest BCUT2D eigenvalue weighted by Gasteiger charge is 2.19. The van der Waals surface area contributed by atoms with Gasteiger partial charge in [0.15, 0.2) is 15.7 Å². The summed E-state index contributed by atoms with van der Waals surface area (Å²) in [6.07, 6.45) is 2.27. The van der Waals surface area contributed by atoms with Gasteiger partial charge in [0.2, 0.25) is 0 Å². The summed E-state index contributed by atoms with van der Waals surface area (Å²) >= 11 is 0. The molecule has 7 nitrogen and oxygen atoms in total. The molecule has 0 aliphatic carbocycles. The summed E-state index contributed by atoms with van der Waals surface area (Å²) in [5.74, 6) is 1.25. The number of ether oxygens (including phenoxy) is 1. The molecule has 0 aromatic carbocycles. The minimum atomic E-state index is -3.19. The van der Waals surface area contributed by atoms with Gasteiger partial charge in [0.1, 0.15) is 11.5 Å². The van der Waals surface area contributed by atoms with E-state index >= 15 is 0 Å². The molecule has 0 N–H and O–H groups in total. The van der Waals surface area contributed by atoms with E-state index in [1.54, 1.807) is 12.3 Å². The van der Waals surface area contributed by atoms with Gasteiger partial charge in [0.05, 0.1) is 30.4 Å². The van der Waals surface area contributed by atoms with Crippen LogP contribution in [0.2, 0.25) is 0 Å². The number of anilines is 1. The van der Waals surface area contributed by atoms with Gasteiger partial charge in [0.25, 0.3) is 0 Å². The standard InChI is InChI=1S/C17H22N4O3S/c1-2-11-25(22,23)13-14-12-16(21-7-9-24-10-8-21)20-17(19-14)15-5-3-4-6-18-15/h3-6,12H,2,7-11,13H2,1H3. The number of pyridine rings is 1. The molecule has 0 radical (unpaired) electrons. The summed E-state index contributed by atoms with van der Waals surface area (Å²) in [5, 5.41) is 0. The second-order valence-corrected chi connectivity index (χ2v) is 8.13. The second-order valence-electron chi connectivity index (χ2n) is 5.95. The number of rotatable bonds is 6. The van der Waals surface area contributed by atoms with Crippen LogP contribution in [0.3, 0.4) is 0 Å². The van der Waals surface area contributed by atoms with Crippen molar-refractivity contribution >= 4 is 15.7 Å². The van der Waals surface area contributed by atoms with E-state index in [4.69, 9.17) is 4.74 Å². The SMILES string of the molecule is CCCS(=O)(=O)Cc1cc(N2CCOCC2)nc(-c2ccccn2)n1. The molecule has 0 amide bonds. The van der Waals surface area contributed by atoms with Gasteiger partial charge in [-0.1, -0.05) is 13.0 Å². The maximum Gasteiger partial charge on any atom is 0.180 e. The highest BCUT2D eigenvalue weighted by molar-refractivity contribution is 7.90. The number of aromatic nitrogens is 3. The molecule has 2 aromatic heterocycles. The van der Waals surface area contributed by atoms with Gasteiger partial charge >= 0.3 is 0 Å². The van der Waals surface area contributed by atoms with Gasteiger partial charge in [-0.3, -0.25) is 4.98 Å². The predicted octanol–water partition coefficient (Wildman–Crippen LogP) is 1.70. The van der Waals surface area contributed by atoms with E-state index in [-0.39, 0.29) is 11.5 Å². The summed E-state index contributed by atoms with van der Waals surface area (Å²) in [4.78, 5) is 15.4. The highest BCUT2D eigenvalue weighted by Crippen LogP contribution is 2.21. The molecule has 25 heavy (non-hydrogen) atoms. The van der Waals surface area contributed by atoms with Crippen molar-refractivity contribution in [2.24, 2.45) is 0 Å². The molecule has 1 saturated heterocycles. The van der Waals surface area contributed by atoms with Gasteiger partial charge in [-0.05, 0) is 18.6 Å². The molecular weight excluding hydrogens is 340 g/mol. The van der Waals surface area contributed by atoms with Gasteiger partial charge in [-0.2, -0.15) is 0 Å². The second kappa shape index (κ2) is 7.88. The number of hydrogen-bond acceptors (Lipinski definition) is 7. The largest absolute Gasteiger partial charge is 0.378 e. The van der Waals surface area contributed by atoms with Crippen LogP contribution in [0.4, 0.5) is 5.82 Å². The lowest BCUT2D eigenvalue weighted by Crippen LogP contribution is -2.37. The minimum Gasteiger partial charge on any atom is -0.378 e. The molecule has 2 aromatic rings. The Kier molecular flexibility index (Phi) is 5.60. The average Bonchev–Trinajstić information content (AvgIpc) is 2.62. The Labute approximate surface area is 148 Å². The van der Waals surface area contributed by atoms with Gasteiger partial charge < -0.3 is 9.64 Å². The number of nitrogens with zero attached hydrogens (tertiary/aromatic N) is 4. The summed E-state index contributed by atoms with van der Waals surface area (Å²) in [7, 11) is -3.19. The molecule has 0 saturated carbocycles. The molecule has 1 fully saturated rings. The van der Waals surface area contributed by atoms with E-state index in [2.05, 4.69) is 19.9 Å². The minimum absolute atomic E-state index is 0.0828. The smallest absolute Gasteiger partial charge is 0.180 e. The Morgan fingerprint density at radius 1 is 1.20 bits per heavy atom. The van der Waals surface area contributed by atoms with Crippen molar-refractivity contribution < 1.29 is 13.2 Å². The van der Waals surface area contributed by atoms with Crippen molar-refractivity contribution in [2.45, 2.75) is 19.1 Å². The molecule has 3 heterocycles. The average molecular weight is 362 g/mol. The van der Waals surface area contributed by atoms with Crippen LogP contribution in [0, 0.1) is 0 Å². The number of hydrogen-bond donors (Lipinski definition) is 0. The third-order valence-electron chi connectivity index (χ3n) is 3.88. The summed E-state index contributed by atoms with van der Waals surface area (Å²) in [5.41, 5.74) is 1.14. The maximum atomic E-state index is 12.2.